The van der Waals surface area contributed by atoms with E-state index in [1.165, 1.54) is 0 Å². The first-order valence-corrected chi connectivity index (χ1v) is 40.0. The second kappa shape index (κ2) is 36.8. The third kappa shape index (κ3) is 18.7. The molecule has 0 aliphatic rings. The van der Waals surface area contributed by atoms with Crippen LogP contribution in [-0.2, 0) is 0 Å². The molecule has 0 radical (unpaired) electrons. The highest BCUT2D eigenvalue weighted by atomic mass is 16.1. The Morgan fingerprint density at radius 1 is 0.127 bits per heavy atom. The molecule has 6 nitrogen and oxygen atoms in total. The summed E-state index contributed by atoms with van der Waals surface area (Å²) in [4.78, 5) is 83.3. The normalized spacial score (nSPS) is 10.3. The van der Waals surface area contributed by atoms with Gasteiger partial charge in [-0.1, -0.05) is 217 Å². The number of carbonyl (C=O) groups excluding carboxylic acids is 6. The van der Waals surface area contributed by atoms with E-state index in [2.05, 4.69) is 89.2 Å². The number of ketones is 6. The van der Waals surface area contributed by atoms with Crippen LogP contribution >= 0.6 is 0 Å². The molecule has 0 unspecified atom stereocenters. The van der Waals surface area contributed by atoms with Crippen LogP contribution in [0.3, 0.4) is 0 Å². The minimum atomic E-state index is -0.161. The Balaban J connectivity index is 0.821. The van der Waals surface area contributed by atoms with Crippen LogP contribution in [0.5, 0.6) is 0 Å². The predicted octanol–water partition coefficient (Wildman–Crippen LogP) is 23.2. The zero-order valence-electron chi connectivity index (χ0n) is 67.6. The van der Waals surface area contributed by atoms with E-state index < -0.39 is 0 Å². The van der Waals surface area contributed by atoms with E-state index in [0.29, 0.717) is 134 Å². The lowest BCUT2D eigenvalue weighted by atomic mass is 9.93. The first-order valence-electron chi connectivity index (χ1n) is 40.0. The third-order valence-electron chi connectivity index (χ3n) is 21.6. The minimum Gasteiger partial charge on any atom is -0.289 e. The Morgan fingerprint density at radius 2 is 0.238 bits per heavy atom. The van der Waals surface area contributed by atoms with Gasteiger partial charge in [-0.25, -0.2) is 0 Å². The van der Waals surface area contributed by atoms with Crippen LogP contribution in [0.1, 0.15) is 162 Å². The van der Waals surface area contributed by atoms with Gasteiger partial charge in [-0.3, -0.25) is 28.8 Å². The molecule has 0 bridgehead atoms. The number of hydrogen-bond acceptors (Lipinski definition) is 6. The topological polar surface area (TPSA) is 102 Å². The van der Waals surface area contributed by atoms with Crippen LogP contribution in [0, 0.1) is 110 Å². The van der Waals surface area contributed by atoms with E-state index in [1.807, 2.05) is 127 Å². The second-order valence-electron chi connectivity index (χ2n) is 29.7. The van der Waals surface area contributed by atoms with Gasteiger partial charge in [0, 0.05) is 134 Å². The molecule has 0 N–H and O–H groups in total. The van der Waals surface area contributed by atoms with Crippen molar-refractivity contribution >= 4 is 34.7 Å². The average Bonchev–Trinajstić information content (AvgIpc) is 0.812. The van der Waals surface area contributed by atoms with Crippen molar-refractivity contribution in [3.63, 3.8) is 0 Å². The van der Waals surface area contributed by atoms with Crippen molar-refractivity contribution in [2.45, 2.75) is 0 Å². The van der Waals surface area contributed by atoms with Crippen LogP contribution in [-0.4, -0.2) is 34.7 Å². The van der Waals surface area contributed by atoms with Gasteiger partial charge in [-0.05, 0) is 285 Å². The van der Waals surface area contributed by atoms with Crippen LogP contribution in [0.2, 0.25) is 0 Å². The summed E-state index contributed by atoms with van der Waals surface area (Å²) in [7, 11) is 0. The van der Waals surface area contributed by atoms with Gasteiger partial charge < -0.3 is 0 Å². The monoisotopic (exact) mass is 1600 g/mol. The molecule has 126 heavy (non-hydrogen) atoms. The number of benzene rings is 16. The summed E-state index contributed by atoms with van der Waals surface area (Å²) in [5.74, 6) is 35.7. The summed E-state index contributed by atoms with van der Waals surface area (Å²) in [6.07, 6.45) is 33.9. The number of rotatable bonds is 18. The van der Waals surface area contributed by atoms with Crippen molar-refractivity contribution < 1.29 is 28.8 Å². The highest BCUT2D eigenvalue weighted by Gasteiger charge is 2.19. The molecular weight excluding hydrogens is 1540 g/mol. The van der Waals surface area contributed by atoms with Crippen molar-refractivity contribution in [2.75, 3.05) is 0 Å². The highest BCUT2D eigenvalue weighted by molar-refractivity contribution is 6.13. The molecular formula is C120H66O6. The fraction of sp³-hybridized carbons (Fsp3) is 0. The molecule has 16 rings (SSSR count). The van der Waals surface area contributed by atoms with Crippen molar-refractivity contribution in [2.24, 2.45) is 0 Å². The van der Waals surface area contributed by atoms with Gasteiger partial charge in [0.25, 0.3) is 0 Å². The largest absolute Gasteiger partial charge is 0.289 e. The highest BCUT2D eigenvalue weighted by Crippen LogP contribution is 2.35. The fourth-order valence-corrected chi connectivity index (χ4v) is 14.6. The maximum Gasteiger partial charge on any atom is 0.193 e. The molecule has 0 heterocycles. The smallest absolute Gasteiger partial charge is 0.193 e. The van der Waals surface area contributed by atoms with Gasteiger partial charge in [-0.2, -0.15) is 0 Å². The van der Waals surface area contributed by atoms with E-state index in [1.54, 1.807) is 218 Å². The zero-order chi connectivity index (χ0) is 87.2. The molecule has 0 atom stereocenters. The van der Waals surface area contributed by atoms with Gasteiger partial charge in [0.2, 0.25) is 0 Å². The Hall–Kier alpha value is -18.4. The minimum absolute atomic E-state index is 0.161. The molecule has 0 aliphatic carbocycles. The second-order valence-corrected chi connectivity index (χ2v) is 29.7. The maximum atomic E-state index is 13.9. The summed E-state index contributed by atoms with van der Waals surface area (Å²) >= 11 is 0. The average molecular weight is 1600 g/mol. The molecule has 0 fully saturated rings. The Bertz CT molecular complexity index is 6420. The molecule has 16 aromatic rings. The van der Waals surface area contributed by atoms with Crippen molar-refractivity contribution in [3.8, 4) is 176 Å². The molecule has 0 aliphatic heterocycles. The summed E-state index contributed by atoms with van der Waals surface area (Å²) in [6, 6.07) is 110. The Kier molecular flexibility index (Phi) is 23.8. The molecule has 0 aromatic heterocycles. The molecule has 16 aromatic carbocycles. The van der Waals surface area contributed by atoms with E-state index in [-0.39, 0.29) is 34.7 Å². The number of carbonyl (C=O) groups is 6. The number of hydrogen-bond donors (Lipinski definition) is 0. The predicted molar refractivity (Wildman–Crippen MR) is 503 cm³/mol. The quantitative estimate of drug-likeness (QED) is 0.0626. The lowest BCUT2D eigenvalue weighted by molar-refractivity contribution is 0.103. The Labute approximate surface area is 732 Å². The van der Waals surface area contributed by atoms with E-state index >= 15 is 0 Å². The summed E-state index contributed by atoms with van der Waals surface area (Å²) in [5, 5.41) is 0. The molecule has 6 heteroatoms. The SMILES string of the molecule is C#Cc1ccc(C(=O)c2ccc(-c3cc(C#Cc4cc(C#Cc5cc(-c6ccc(C(=O)c7ccc(C#C)cc7)cc6)cc(-c6ccc(C(=O)c7ccc(C#C)cc7)cc6)c5)cc(C#Cc5cc(-c6ccc(C(=O)c7ccc(C#C)cc7)cc6)cc(-c6ccc(C(=O)c7ccc(C#C)cc7)cc6)c5)c4)cc(-c4ccc(C(=O)c5ccc(C#C)cc5)cc4)c3)cc2)cc1. The van der Waals surface area contributed by atoms with E-state index in [0.717, 1.165) is 66.8 Å². The van der Waals surface area contributed by atoms with E-state index in [9.17, 15) is 28.8 Å². The molecule has 0 amide bonds. The standard InChI is InChI=1S/C120H66O6/c1-7-79-19-31-97(32-20-79)115(121)103-55-43-91(44-56-103)109-70-88(71-110(76-109)92-45-57-104(58-46-92)116(122)98-33-21-80(8-2)22-34-98)16-13-85-67-86(14-17-89-72-111(93-47-59-105(60-48-93)117(123)99-35-23-81(9-3)24-36-99)77-112(73-89)94-49-61-106(62-50-94)118(124)100-37-25-82(10-4)26-38-100)69-87(68-85)15-18-90-74-113(95-51-63-107(64-52-95)119(125)101-39-27-83(11-5)28-40-101)78-114(75-90)96-53-65-108(66-54-96)120(126)102-41-29-84(12-6)30-42-102/h1-6,19-78H. The van der Waals surface area contributed by atoms with Crippen LogP contribution < -0.4 is 0 Å². The molecule has 582 valence electrons. The van der Waals surface area contributed by atoms with Crippen LogP contribution in [0.15, 0.2) is 364 Å². The van der Waals surface area contributed by atoms with Crippen molar-refractivity contribution in [1.82, 2.24) is 0 Å². The first kappa shape index (κ1) is 81.3. The van der Waals surface area contributed by atoms with Crippen LogP contribution in [0.25, 0.3) is 66.8 Å². The zero-order valence-corrected chi connectivity index (χ0v) is 67.6. The van der Waals surface area contributed by atoms with Gasteiger partial charge in [0.05, 0.1) is 0 Å². The molecule has 0 spiro atoms. The van der Waals surface area contributed by atoms with Gasteiger partial charge >= 0.3 is 0 Å². The van der Waals surface area contributed by atoms with Crippen molar-refractivity contribution in [3.05, 3.63) is 498 Å². The Morgan fingerprint density at radius 3 is 0.357 bits per heavy atom. The number of terminal acetylenes is 6. The van der Waals surface area contributed by atoms with Gasteiger partial charge in [-0.15, -0.1) is 38.5 Å². The summed E-state index contributed by atoms with van der Waals surface area (Å²) in [6.45, 7) is 0. The molecule has 0 saturated carbocycles. The van der Waals surface area contributed by atoms with E-state index in [4.69, 9.17) is 38.5 Å². The maximum absolute atomic E-state index is 13.9. The summed E-state index contributed by atoms with van der Waals surface area (Å²) in [5.41, 5.74) is 23.2. The first-order chi connectivity index (χ1) is 61.5. The van der Waals surface area contributed by atoms with Gasteiger partial charge in [0.15, 0.2) is 34.7 Å². The summed E-state index contributed by atoms with van der Waals surface area (Å²) < 4.78 is 0. The lowest BCUT2D eigenvalue weighted by Crippen LogP contribution is -2.01. The van der Waals surface area contributed by atoms with Crippen molar-refractivity contribution in [1.29, 1.82) is 0 Å². The molecule has 0 saturated heterocycles. The van der Waals surface area contributed by atoms with Crippen LogP contribution in [0.4, 0.5) is 0 Å². The third-order valence-corrected chi connectivity index (χ3v) is 21.6. The fourth-order valence-electron chi connectivity index (χ4n) is 14.6. The van der Waals surface area contributed by atoms with Gasteiger partial charge in [0.1, 0.15) is 0 Å². The lowest BCUT2D eigenvalue weighted by Gasteiger charge is -2.10.